The monoisotopic (exact) mass is 311 g/mol. The van der Waals surface area contributed by atoms with E-state index in [1.807, 2.05) is 0 Å². The maximum Gasteiger partial charge on any atom is 0.264 e. The highest BCUT2D eigenvalue weighted by Crippen LogP contribution is 2.31. The van der Waals surface area contributed by atoms with Gasteiger partial charge in [0.05, 0.1) is 11.4 Å². The van der Waals surface area contributed by atoms with Crippen LogP contribution < -0.4 is 10.5 Å². The van der Waals surface area contributed by atoms with Crippen molar-refractivity contribution in [3.8, 4) is 0 Å². The van der Waals surface area contributed by atoms with Crippen molar-refractivity contribution < 1.29 is 8.42 Å². The van der Waals surface area contributed by atoms with Gasteiger partial charge in [-0.3, -0.25) is 4.72 Å². The van der Waals surface area contributed by atoms with E-state index in [0.29, 0.717) is 5.02 Å². The summed E-state index contributed by atoms with van der Waals surface area (Å²) < 4.78 is 26.8. The van der Waals surface area contributed by atoms with Crippen LogP contribution >= 0.6 is 11.6 Å². The molecule has 8 heteroatoms. The maximum absolute atomic E-state index is 12.2. The number of nitrogens with two attached hydrogens (primary N) is 1. The number of nitrogen functional groups attached to an aromatic ring is 1. The minimum atomic E-state index is -3.98. The van der Waals surface area contributed by atoms with Crippen LogP contribution in [0.3, 0.4) is 0 Å². The van der Waals surface area contributed by atoms with E-state index in [9.17, 15) is 13.3 Å². The van der Waals surface area contributed by atoms with E-state index in [1.54, 1.807) is 12.1 Å². The fraction of sp³-hybridized carbons (Fsp3) is 0. The largest absolute Gasteiger partial charge is 0.397 e. The smallest absolute Gasteiger partial charge is 0.264 e. The maximum atomic E-state index is 12.2. The van der Waals surface area contributed by atoms with Gasteiger partial charge in [-0.15, -0.1) is 4.91 Å². The summed E-state index contributed by atoms with van der Waals surface area (Å²) in [5.74, 6) is 0. The number of benzene rings is 2. The molecule has 0 bridgehead atoms. The molecule has 2 rings (SSSR count). The van der Waals surface area contributed by atoms with Crippen LogP contribution in [0.1, 0.15) is 0 Å². The Morgan fingerprint density at radius 1 is 1.15 bits per heavy atom. The van der Waals surface area contributed by atoms with Crippen molar-refractivity contribution in [3.63, 3.8) is 0 Å². The summed E-state index contributed by atoms with van der Waals surface area (Å²) in [7, 11) is -3.98. The van der Waals surface area contributed by atoms with Crippen molar-refractivity contribution in [3.05, 3.63) is 52.4 Å². The summed E-state index contributed by atoms with van der Waals surface area (Å²) in [6, 6.07) is 10.3. The molecule has 3 N–H and O–H groups in total. The van der Waals surface area contributed by atoms with Gasteiger partial charge in [-0.25, -0.2) is 8.42 Å². The van der Waals surface area contributed by atoms with Crippen LogP contribution in [-0.2, 0) is 10.0 Å². The molecular formula is C12H10ClN3O3S. The lowest BCUT2D eigenvalue weighted by Gasteiger charge is -2.10. The number of halogens is 1. The zero-order valence-corrected chi connectivity index (χ0v) is 11.6. The molecule has 0 aliphatic carbocycles. The lowest BCUT2D eigenvalue weighted by atomic mass is 10.3. The van der Waals surface area contributed by atoms with Crippen molar-refractivity contribution >= 4 is 38.7 Å². The molecule has 0 spiro atoms. The van der Waals surface area contributed by atoms with Crippen LogP contribution in [0.2, 0.25) is 5.02 Å². The van der Waals surface area contributed by atoms with Gasteiger partial charge in [0.15, 0.2) is 5.69 Å². The number of nitrogens with zero attached hydrogens (tertiary/aromatic N) is 1. The molecular weight excluding hydrogens is 302 g/mol. The minimum absolute atomic E-state index is 0.00558. The third-order valence-corrected chi connectivity index (χ3v) is 4.14. The van der Waals surface area contributed by atoms with Gasteiger partial charge in [0.25, 0.3) is 10.0 Å². The van der Waals surface area contributed by atoms with Gasteiger partial charge in [-0.05, 0) is 35.5 Å². The molecule has 0 fully saturated rings. The van der Waals surface area contributed by atoms with E-state index in [4.69, 9.17) is 17.3 Å². The Labute approximate surface area is 120 Å². The molecule has 2 aromatic carbocycles. The Bertz CT molecular complexity index is 762. The Morgan fingerprint density at radius 3 is 2.50 bits per heavy atom. The molecule has 6 nitrogen and oxygen atoms in total. The van der Waals surface area contributed by atoms with Gasteiger partial charge < -0.3 is 5.73 Å². The summed E-state index contributed by atoms with van der Waals surface area (Å²) in [5, 5.41) is 3.06. The zero-order chi connectivity index (χ0) is 14.8. The van der Waals surface area contributed by atoms with Crippen LogP contribution in [0, 0.1) is 4.91 Å². The molecule has 0 saturated heterocycles. The van der Waals surface area contributed by atoms with Crippen molar-refractivity contribution in [2.24, 2.45) is 5.18 Å². The normalized spacial score (nSPS) is 11.1. The predicted octanol–water partition coefficient (Wildman–Crippen LogP) is 3.12. The lowest BCUT2D eigenvalue weighted by Crippen LogP contribution is -2.13. The third kappa shape index (κ3) is 2.89. The second kappa shape index (κ2) is 5.48. The fourth-order valence-electron chi connectivity index (χ4n) is 1.62. The van der Waals surface area contributed by atoms with E-state index in [0.717, 1.165) is 0 Å². The first-order valence-electron chi connectivity index (χ1n) is 5.44. The van der Waals surface area contributed by atoms with Gasteiger partial charge >= 0.3 is 0 Å². The zero-order valence-electron chi connectivity index (χ0n) is 10.1. The Hall–Kier alpha value is -2.12. The van der Waals surface area contributed by atoms with E-state index < -0.39 is 10.0 Å². The third-order valence-electron chi connectivity index (χ3n) is 2.49. The van der Waals surface area contributed by atoms with Gasteiger partial charge in [0, 0.05) is 5.02 Å². The van der Waals surface area contributed by atoms with E-state index in [-0.39, 0.29) is 22.0 Å². The Kier molecular flexibility index (Phi) is 3.91. The quantitative estimate of drug-likeness (QED) is 0.669. The topological polar surface area (TPSA) is 102 Å². The van der Waals surface area contributed by atoms with Gasteiger partial charge in [-0.1, -0.05) is 23.7 Å². The summed E-state index contributed by atoms with van der Waals surface area (Å²) in [6.07, 6.45) is 0. The summed E-state index contributed by atoms with van der Waals surface area (Å²) in [5.41, 5.74) is 5.49. The number of anilines is 2. The fourth-order valence-corrected chi connectivity index (χ4v) is 3.02. The molecule has 104 valence electrons. The molecule has 20 heavy (non-hydrogen) atoms. The van der Waals surface area contributed by atoms with E-state index in [2.05, 4.69) is 9.90 Å². The highest BCUT2D eigenvalue weighted by atomic mass is 35.5. The van der Waals surface area contributed by atoms with E-state index >= 15 is 0 Å². The highest BCUT2D eigenvalue weighted by Gasteiger charge is 2.21. The molecule has 0 aromatic heterocycles. The highest BCUT2D eigenvalue weighted by molar-refractivity contribution is 7.92. The van der Waals surface area contributed by atoms with Crippen molar-refractivity contribution in [2.75, 3.05) is 10.5 Å². The molecule has 0 heterocycles. The van der Waals surface area contributed by atoms with Crippen molar-refractivity contribution in [2.45, 2.75) is 4.90 Å². The first-order chi connectivity index (χ1) is 9.44. The Balaban J connectivity index is 2.46. The summed E-state index contributed by atoms with van der Waals surface area (Å²) >= 11 is 5.78. The average molecular weight is 312 g/mol. The van der Waals surface area contributed by atoms with Crippen LogP contribution in [0.4, 0.5) is 17.1 Å². The second-order valence-corrected chi connectivity index (χ2v) is 5.99. The number of hydrogen-bond donors (Lipinski definition) is 2. The molecule has 0 amide bonds. The number of nitrogens with one attached hydrogen (secondary N) is 1. The lowest BCUT2D eigenvalue weighted by molar-refractivity contribution is 0.601. The summed E-state index contributed by atoms with van der Waals surface area (Å²) in [6.45, 7) is 0. The molecule has 2 aromatic rings. The van der Waals surface area contributed by atoms with Crippen LogP contribution in [0.25, 0.3) is 0 Å². The molecule has 0 atom stereocenters. The minimum Gasteiger partial charge on any atom is -0.397 e. The first kappa shape index (κ1) is 14.3. The number of rotatable bonds is 4. The molecule has 0 aliphatic heterocycles. The standard InChI is InChI=1S/C12H10ClN3O3S/c13-8-3-1-4-9(7-8)16-20(18,19)11-6-2-5-10(14)12(11)15-17/h1-7,16H,14H2. The number of hydrogen-bond acceptors (Lipinski definition) is 5. The van der Waals surface area contributed by atoms with Crippen molar-refractivity contribution in [1.29, 1.82) is 0 Å². The van der Waals surface area contributed by atoms with Gasteiger partial charge in [0.2, 0.25) is 0 Å². The van der Waals surface area contributed by atoms with E-state index in [1.165, 1.54) is 30.3 Å². The van der Waals surface area contributed by atoms with Crippen LogP contribution in [-0.4, -0.2) is 8.42 Å². The van der Waals surface area contributed by atoms with Gasteiger partial charge in [-0.2, -0.15) is 0 Å². The summed E-state index contributed by atoms with van der Waals surface area (Å²) in [4.78, 5) is 10.5. The van der Waals surface area contributed by atoms with Crippen LogP contribution in [0.15, 0.2) is 52.5 Å². The molecule has 0 unspecified atom stereocenters. The molecule has 0 aliphatic rings. The van der Waals surface area contributed by atoms with Crippen molar-refractivity contribution in [1.82, 2.24) is 0 Å². The first-order valence-corrected chi connectivity index (χ1v) is 7.30. The molecule has 0 radical (unpaired) electrons. The SMILES string of the molecule is Nc1cccc(S(=O)(=O)Nc2cccc(Cl)c2)c1N=O. The number of sulfonamides is 1. The van der Waals surface area contributed by atoms with Gasteiger partial charge in [0.1, 0.15) is 4.90 Å². The van der Waals surface area contributed by atoms with Crippen LogP contribution in [0.5, 0.6) is 0 Å². The predicted molar refractivity (Wildman–Crippen MR) is 78.6 cm³/mol. The molecule has 0 saturated carbocycles. The average Bonchev–Trinajstić information content (AvgIpc) is 2.38. The number of nitroso groups, excluding NO2 is 1. The second-order valence-electron chi connectivity index (χ2n) is 3.90. The Morgan fingerprint density at radius 2 is 1.85 bits per heavy atom.